The van der Waals surface area contributed by atoms with Crippen LogP contribution in [0.1, 0.15) is 40.3 Å². The van der Waals surface area contributed by atoms with Gasteiger partial charge in [-0.25, -0.2) is 10.4 Å². The minimum Gasteiger partial charge on any atom is -0.494 e. The minimum absolute atomic E-state index is 0.0455. The molecule has 0 unspecified atom stereocenters. The number of rotatable bonds is 14. The van der Waals surface area contributed by atoms with E-state index in [-0.39, 0.29) is 19.6 Å². The summed E-state index contributed by atoms with van der Waals surface area (Å²) in [5.74, 6) is 0.531. The zero-order chi connectivity index (χ0) is 32.4. The number of benzene rings is 4. The Hall–Kier alpha value is -4.38. The molecule has 0 radical (unpaired) electrons. The van der Waals surface area contributed by atoms with Crippen LogP contribution in [0.2, 0.25) is 5.02 Å². The third-order valence-electron chi connectivity index (χ3n) is 7.51. The Morgan fingerprint density at radius 1 is 1.04 bits per heavy atom. The van der Waals surface area contributed by atoms with Gasteiger partial charge in [0.1, 0.15) is 5.75 Å². The van der Waals surface area contributed by atoms with Crippen LogP contribution in [0.15, 0.2) is 112 Å². The van der Waals surface area contributed by atoms with E-state index in [2.05, 4.69) is 36.8 Å². The van der Waals surface area contributed by atoms with Crippen molar-refractivity contribution < 1.29 is 19.4 Å². The van der Waals surface area contributed by atoms with Crippen molar-refractivity contribution in [3.8, 4) is 5.75 Å². The van der Waals surface area contributed by atoms with E-state index in [0.717, 1.165) is 26.7 Å². The van der Waals surface area contributed by atoms with E-state index >= 15 is 0 Å². The van der Waals surface area contributed by atoms with Gasteiger partial charge in [0.05, 0.1) is 13.2 Å². The number of hydrazine groups is 1. The maximum Gasteiger partial charge on any atom is 0.266 e. The van der Waals surface area contributed by atoms with Gasteiger partial charge in [-0.2, -0.15) is 0 Å². The lowest BCUT2D eigenvalue weighted by molar-refractivity contribution is -0.130. The van der Waals surface area contributed by atoms with Crippen LogP contribution in [0.3, 0.4) is 0 Å². The van der Waals surface area contributed by atoms with Gasteiger partial charge in [0.15, 0.2) is 11.6 Å². The number of ether oxygens (including phenoxy) is 2. The Morgan fingerprint density at radius 2 is 1.76 bits per heavy atom. The largest absolute Gasteiger partial charge is 0.494 e. The van der Waals surface area contributed by atoms with Crippen LogP contribution in [-0.2, 0) is 29.0 Å². The summed E-state index contributed by atoms with van der Waals surface area (Å²) in [5.41, 5.74) is 17.4. The van der Waals surface area contributed by atoms with E-state index in [1.807, 2.05) is 72.8 Å². The average Bonchev–Trinajstić information content (AvgIpc) is 3.46. The molecule has 10 nitrogen and oxygen atoms in total. The predicted octanol–water partition coefficient (Wildman–Crippen LogP) is 6.99. The van der Waals surface area contributed by atoms with Crippen molar-refractivity contribution in [3.05, 3.63) is 145 Å². The molecule has 46 heavy (non-hydrogen) atoms. The first-order valence-electron chi connectivity index (χ1n) is 14.6. The Morgan fingerprint density at radius 3 is 2.48 bits per heavy atom. The van der Waals surface area contributed by atoms with Crippen LogP contribution in [-0.4, -0.2) is 35.7 Å². The molecule has 0 bridgehead atoms. The van der Waals surface area contributed by atoms with Gasteiger partial charge in [0.2, 0.25) is 5.90 Å². The van der Waals surface area contributed by atoms with E-state index in [1.54, 1.807) is 24.3 Å². The third kappa shape index (κ3) is 7.88. The second-order valence-corrected chi connectivity index (χ2v) is 11.9. The predicted molar refractivity (Wildman–Crippen MR) is 180 cm³/mol. The standard InChI is InChI=1S/C34H32BrClN6O4/c35-30-9-4-3-8-29(30)31-34(20-25-6-1-2-7-26(25)22-39-42-37,33(44)41-38-21-23-10-14-27(36)15-11-23)40-32(46-31)24-12-16-28(17-13-24)45-19-5-18-43/h1-4,6-17,31,38,43H,5,18-22H2,(H,41,44)/t31-,34-/m0/s1. The number of nitrogens with zero attached hydrogens (tertiary/aromatic N) is 4. The molecular formula is C34H32BrClN6O4. The molecule has 0 saturated carbocycles. The monoisotopic (exact) mass is 702 g/mol. The number of hydrogen-bond acceptors (Lipinski definition) is 7. The number of amides is 1. The summed E-state index contributed by atoms with van der Waals surface area (Å²) in [4.78, 5) is 22.5. The van der Waals surface area contributed by atoms with Gasteiger partial charge in [0.25, 0.3) is 5.91 Å². The van der Waals surface area contributed by atoms with Crippen LogP contribution < -0.4 is 15.6 Å². The van der Waals surface area contributed by atoms with Gasteiger partial charge >= 0.3 is 0 Å². The number of aliphatic hydroxyl groups is 1. The summed E-state index contributed by atoms with van der Waals surface area (Å²) < 4.78 is 13.1. The molecule has 3 N–H and O–H groups in total. The van der Waals surface area contributed by atoms with Gasteiger partial charge < -0.3 is 14.6 Å². The van der Waals surface area contributed by atoms with E-state index in [9.17, 15) is 4.79 Å². The molecule has 1 heterocycles. The maximum atomic E-state index is 14.5. The van der Waals surface area contributed by atoms with Crippen molar-refractivity contribution in [2.24, 2.45) is 10.1 Å². The molecule has 12 heteroatoms. The molecule has 0 aliphatic carbocycles. The highest BCUT2D eigenvalue weighted by Crippen LogP contribution is 2.45. The van der Waals surface area contributed by atoms with Crippen LogP contribution >= 0.6 is 27.5 Å². The molecule has 5 rings (SSSR count). The van der Waals surface area contributed by atoms with E-state index in [0.29, 0.717) is 41.8 Å². The normalized spacial score (nSPS) is 17.0. The molecule has 4 aromatic carbocycles. The Balaban J connectivity index is 1.56. The first-order valence-corrected chi connectivity index (χ1v) is 15.8. The van der Waals surface area contributed by atoms with Gasteiger partial charge in [-0.05, 0) is 64.7 Å². The van der Waals surface area contributed by atoms with Crippen LogP contribution in [0.25, 0.3) is 10.4 Å². The van der Waals surface area contributed by atoms with Gasteiger partial charge in [-0.3, -0.25) is 10.2 Å². The van der Waals surface area contributed by atoms with Crippen molar-refractivity contribution in [2.45, 2.75) is 37.6 Å². The van der Waals surface area contributed by atoms with Crippen molar-refractivity contribution in [1.29, 1.82) is 0 Å². The lowest BCUT2D eigenvalue weighted by Crippen LogP contribution is -2.53. The molecule has 0 aromatic heterocycles. The van der Waals surface area contributed by atoms with Crippen molar-refractivity contribution in [1.82, 2.24) is 10.9 Å². The lowest BCUT2D eigenvalue weighted by atomic mass is 9.81. The topological polar surface area (TPSA) is 141 Å². The van der Waals surface area contributed by atoms with Crippen molar-refractivity contribution in [3.63, 3.8) is 0 Å². The number of nitrogens with one attached hydrogen (secondary N) is 2. The molecule has 0 saturated heterocycles. The SMILES string of the molecule is [N-]=[N+]=NCc1ccccc1C[C@]1(C(=O)NNCc2ccc(Cl)cc2)N=C(c2ccc(OCCCO)cc2)O[C@H]1c1ccccc1Br. The van der Waals surface area contributed by atoms with E-state index in [4.69, 9.17) is 36.7 Å². The number of hydrogen-bond donors (Lipinski definition) is 3. The zero-order valence-electron chi connectivity index (χ0n) is 24.8. The van der Waals surface area contributed by atoms with Gasteiger partial charge in [-0.15, -0.1) is 0 Å². The molecule has 4 aromatic rings. The number of aliphatic imine (C=N–C) groups is 1. The number of aliphatic hydroxyl groups excluding tert-OH is 1. The van der Waals surface area contributed by atoms with E-state index < -0.39 is 17.6 Å². The maximum absolute atomic E-state index is 14.5. The quantitative estimate of drug-likeness (QED) is 0.0427. The van der Waals surface area contributed by atoms with Crippen LogP contribution in [0, 0.1) is 0 Å². The average molecular weight is 704 g/mol. The Kier molecular flexibility index (Phi) is 11.3. The van der Waals surface area contributed by atoms with E-state index in [1.165, 1.54) is 0 Å². The third-order valence-corrected chi connectivity index (χ3v) is 8.48. The Labute approximate surface area is 280 Å². The van der Waals surface area contributed by atoms with Crippen LogP contribution in [0.4, 0.5) is 0 Å². The summed E-state index contributed by atoms with van der Waals surface area (Å²) in [6, 6.07) is 29.7. The highest BCUT2D eigenvalue weighted by Gasteiger charge is 2.54. The fraction of sp³-hybridized carbons (Fsp3) is 0.235. The summed E-state index contributed by atoms with van der Waals surface area (Å²) in [5, 5.41) is 13.5. The number of carbonyl (C=O) groups is 1. The summed E-state index contributed by atoms with van der Waals surface area (Å²) >= 11 is 9.71. The summed E-state index contributed by atoms with van der Waals surface area (Å²) in [7, 11) is 0. The molecule has 1 aliphatic heterocycles. The van der Waals surface area contributed by atoms with Crippen molar-refractivity contribution >= 4 is 39.3 Å². The Bertz CT molecular complexity index is 1730. The summed E-state index contributed by atoms with van der Waals surface area (Å²) in [6.45, 7) is 0.901. The minimum atomic E-state index is -1.48. The molecule has 1 aliphatic rings. The number of halogens is 2. The summed E-state index contributed by atoms with van der Waals surface area (Å²) in [6.07, 6.45) is -0.157. The molecule has 0 fully saturated rings. The zero-order valence-corrected chi connectivity index (χ0v) is 27.1. The molecule has 2 atom stereocenters. The molecule has 1 amide bonds. The fourth-order valence-corrected chi connectivity index (χ4v) is 5.79. The fourth-order valence-electron chi connectivity index (χ4n) is 5.17. The smallest absolute Gasteiger partial charge is 0.266 e. The molecule has 236 valence electrons. The molecular weight excluding hydrogens is 672 g/mol. The first-order chi connectivity index (χ1) is 22.4. The highest BCUT2D eigenvalue weighted by molar-refractivity contribution is 9.10. The first kappa shape index (κ1) is 33.0. The number of carbonyl (C=O) groups excluding carboxylic acids is 1. The van der Waals surface area contributed by atoms with Crippen molar-refractivity contribution in [2.75, 3.05) is 13.2 Å². The van der Waals surface area contributed by atoms with Gasteiger partial charge in [-0.1, -0.05) is 87.2 Å². The lowest BCUT2D eigenvalue weighted by Gasteiger charge is -2.32. The molecule has 0 spiro atoms. The second-order valence-electron chi connectivity index (χ2n) is 10.6. The number of azide groups is 1. The highest BCUT2D eigenvalue weighted by atomic mass is 79.9. The second kappa shape index (κ2) is 15.8. The van der Waals surface area contributed by atoms with Gasteiger partial charge in [0, 0.05) is 51.5 Å². The van der Waals surface area contributed by atoms with Crippen LogP contribution in [0.5, 0.6) is 5.75 Å².